The largest absolute Gasteiger partial charge is 0.359 e. The maximum absolute atomic E-state index is 4.97. The summed E-state index contributed by atoms with van der Waals surface area (Å²) in [4.78, 5) is 14.3. The minimum atomic E-state index is 0.0389. The topological polar surface area (TPSA) is 50.2 Å². The van der Waals surface area contributed by atoms with Crippen LogP contribution in [0.15, 0.2) is 72.0 Å². The van der Waals surface area contributed by atoms with Gasteiger partial charge in [-0.25, -0.2) is 4.98 Å². The highest BCUT2D eigenvalue weighted by molar-refractivity contribution is 6.02. The summed E-state index contributed by atoms with van der Waals surface area (Å²) in [5.41, 5.74) is 4.91. The molecule has 0 amide bonds. The predicted molar refractivity (Wildman–Crippen MR) is 115 cm³/mol. The molecule has 0 aliphatic carbocycles. The van der Waals surface area contributed by atoms with E-state index >= 15 is 0 Å². The average molecular weight is 360 g/mol. The molecule has 2 aliphatic rings. The van der Waals surface area contributed by atoms with E-state index < -0.39 is 0 Å². The lowest BCUT2D eigenvalue weighted by Gasteiger charge is -2.16. The van der Waals surface area contributed by atoms with Crippen LogP contribution in [-0.2, 0) is 0 Å². The third-order valence-electron chi connectivity index (χ3n) is 5.36. The number of fused-ring (bicyclic) bond motifs is 6. The van der Waals surface area contributed by atoms with Crippen molar-refractivity contribution in [2.45, 2.75) is 5.92 Å². The number of aliphatic imine (C=N–C) groups is 1. The average Bonchev–Trinajstić information content (AvgIpc) is 2.78. The fourth-order valence-electron chi connectivity index (χ4n) is 3.95. The van der Waals surface area contributed by atoms with Gasteiger partial charge < -0.3 is 5.32 Å². The van der Waals surface area contributed by atoms with Crippen molar-refractivity contribution in [3.8, 4) is 0 Å². The van der Waals surface area contributed by atoms with Crippen molar-refractivity contribution in [3.05, 3.63) is 83.1 Å². The van der Waals surface area contributed by atoms with Gasteiger partial charge in [0, 0.05) is 34.6 Å². The fourth-order valence-corrected chi connectivity index (χ4v) is 3.95. The number of aromatic nitrogens is 2. The van der Waals surface area contributed by atoms with Gasteiger partial charge in [0.15, 0.2) is 0 Å². The molecule has 1 unspecified atom stereocenters. The van der Waals surface area contributed by atoms with Crippen LogP contribution in [-0.4, -0.2) is 16.2 Å². The third-order valence-corrected chi connectivity index (χ3v) is 5.36. The highest BCUT2D eigenvalue weighted by atomic mass is 14.9. The summed E-state index contributed by atoms with van der Waals surface area (Å²) in [7, 11) is 0. The first-order valence-electron chi connectivity index (χ1n) is 9.34. The molecule has 6 rings (SSSR count). The Bertz CT molecular complexity index is 1450. The van der Waals surface area contributed by atoms with Crippen molar-refractivity contribution in [2.24, 2.45) is 4.99 Å². The molecule has 4 heteroatoms. The molecule has 2 aliphatic heterocycles. The molecule has 2 aromatic heterocycles. The van der Waals surface area contributed by atoms with E-state index in [9.17, 15) is 0 Å². The minimum Gasteiger partial charge on any atom is -0.359 e. The molecule has 0 fully saturated rings. The summed E-state index contributed by atoms with van der Waals surface area (Å²) in [6.45, 7) is 0. The monoisotopic (exact) mass is 360 g/mol. The van der Waals surface area contributed by atoms with Crippen LogP contribution in [0.4, 0.5) is 11.4 Å². The van der Waals surface area contributed by atoms with Gasteiger partial charge >= 0.3 is 0 Å². The van der Waals surface area contributed by atoms with Crippen molar-refractivity contribution < 1.29 is 0 Å². The zero-order valence-electron chi connectivity index (χ0n) is 15.0. The maximum atomic E-state index is 4.97. The summed E-state index contributed by atoms with van der Waals surface area (Å²) in [5, 5.41) is 7.81. The standard InChI is InChI=1S/C24H16N4/c1-3-15-7-8-18-13-19(14-27-23(18)21(15)25-11-1)20-10-9-17-6-5-16-4-2-12-26-22(16)24(17)28-20/h1-14,19,25H. The Labute approximate surface area is 161 Å². The first-order valence-corrected chi connectivity index (χ1v) is 9.34. The molecule has 0 radical (unpaired) electrons. The number of nitrogens with one attached hydrogen (secondary N) is 1. The molecule has 0 spiro atoms. The van der Waals surface area contributed by atoms with Gasteiger partial charge in [0.2, 0.25) is 0 Å². The second-order valence-corrected chi connectivity index (χ2v) is 7.06. The number of allylic oxidation sites excluding steroid dienone is 1. The van der Waals surface area contributed by atoms with Gasteiger partial charge in [-0.15, -0.1) is 0 Å². The van der Waals surface area contributed by atoms with Crippen LogP contribution in [0.1, 0.15) is 11.6 Å². The number of hydrogen-bond acceptors (Lipinski definition) is 4. The van der Waals surface area contributed by atoms with E-state index in [0.29, 0.717) is 0 Å². The van der Waals surface area contributed by atoms with Crippen LogP contribution in [0.25, 0.3) is 34.0 Å². The summed E-state index contributed by atoms with van der Waals surface area (Å²) >= 11 is 0. The molecule has 0 saturated heterocycles. The lowest BCUT2D eigenvalue weighted by Crippen LogP contribution is -2.20. The number of hydrogen-bond donors (Lipinski definition) is 1. The molecular formula is C24H16N4. The minimum absolute atomic E-state index is 0.0389. The van der Waals surface area contributed by atoms with E-state index in [0.717, 1.165) is 49.3 Å². The molecule has 132 valence electrons. The van der Waals surface area contributed by atoms with Gasteiger partial charge in [-0.1, -0.05) is 48.6 Å². The molecular weight excluding hydrogens is 344 g/mol. The van der Waals surface area contributed by atoms with Crippen molar-refractivity contribution in [1.29, 1.82) is 0 Å². The van der Waals surface area contributed by atoms with E-state index in [1.165, 1.54) is 0 Å². The van der Waals surface area contributed by atoms with Crippen LogP contribution in [0.3, 0.4) is 0 Å². The summed E-state index contributed by atoms with van der Waals surface area (Å²) in [6, 6.07) is 16.7. The van der Waals surface area contributed by atoms with Crippen LogP contribution in [0.2, 0.25) is 0 Å². The fraction of sp³-hybridized carbons (Fsp3) is 0.0417. The van der Waals surface area contributed by atoms with Crippen molar-refractivity contribution in [3.63, 3.8) is 0 Å². The van der Waals surface area contributed by atoms with Crippen LogP contribution in [0.5, 0.6) is 0 Å². The molecule has 4 nitrogen and oxygen atoms in total. The molecule has 2 aromatic carbocycles. The van der Waals surface area contributed by atoms with E-state index in [4.69, 9.17) is 9.98 Å². The van der Waals surface area contributed by atoms with E-state index in [-0.39, 0.29) is 5.92 Å². The van der Waals surface area contributed by atoms with Crippen molar-refractivity contribution in [2.75, 3.05) is 5.32 Å². The summed E-state index contributed by atoms with van der Waals surface area (Å²) < 4.78 is 0. The van der Waals surface area contributed by atoms with Crippen molar-refractivity contribution >= 4 is 51.5 Å². The Kier molecular flexibility index (Phi) is 3.20. The van der Waals surface area contributed by atoms with Crippen LogP contribution >= 0.6 is 0 Å². The molecule has 0 bridgehead atoms. The second-order valence-electron chi connectivity index (χ2n) is 7.06. The molecule has 0 saturated carbocycles. The van der Waals surface area contributed by atoms with Gasteiger partial charge in [0.1, 0.15) is 0 Å². The Morgan fingerprint density at radius 2 is 1.71 bits per heavy atom. The highest BCUT2D eigenvalue weighted by Crippen LogP contribution is 2.27. The van der Waals surface area contributed by atoms with Gasteiger partial charge in [-0.3, -0.25) is 9.98 Å². The van der Waals surface area contributed by atoms with Gasteiger partial charge in [0.05, 0.1) is 34.0 Å². The smallest absolute Gasteiger partial charge is 0.0968 e. The number of nitrogens with zero attached hydrogens (tertiary/aromatic N) is 3. The molecule has 28 heavy (non-hydrogen) atoms. The summed E-state index contributed by atoms with van der Waals surface area (Å²) in [6.07, 6.45) is 12.1. The van der Waals surface area contributed by atoms with Crippen LogP contribution in [0, 0.1) is 0 Å². The SMILES string of the molecule is C1=CNc2c3c(ccc2=C1)=CC(c1ccc2ccc4cccnc4c2n1)C=N3. The third kappa shape index (κ3) is 2.28. The second kappa shape index (κ2) is 5.86. The van der Waals surface area contributed by atoms with E-state index in [1.54, 1.807) is 0 Å². The highest BCUT2D eigenvalue weighted by Gasteiger charge is 2.16. The number of benzene rings is 2. The Morgan fingerprint density at radius 1 is 0.857 bits per heavy atom. The quantitative estimate of drug-likeness (QED) is 0.526. The predicted octanol–water partition coefficient (Wildman–Crippen LogP) is 3.78. The van der Waals surface area contributed by atoms with Gasteiger partial charge in [-0.2, -0.15) is 0 Å². The Hall–Kier alpha value is -3.79. The van der Waals surface area contributed by atoms with Crippen LogP contribution < -0.4 is 15.8 Å². The number of anilines is 1. The molecule has 4 aromatic rings. The first-order chi connectivity index (χ1) is 13.9. The normalized spacial score (nSPS) is 16.8. The zero-order valence-corrected chi connectivity index (χ0v) is 15.0. The molecule has 1 N–H and O–H groups in total. The van der Waals surface area contributed by atoms with Crippen molar-refractivity contribution in [1.82, 2.24) is 9.97 Å². The molecule has 4 heterocycles. The first kappa shape index (κ1) is 15.3. The number of rotatable bonds is 1. The Morgan fingerprint density at radius 3 is 2.68 bits per heavy atom. The number of pyridine rings is 2. The summed E-state index contributed by atoms with van der Waals surface area (Å²) in [5.74, 6) is 0.0389. The zero-order chi connectivity index (χ0) is 18.5. The molecule has 1 atom stereocenters. The lowest BCUT2D eigenvalue weighted by atomic mass is 9.99. The van der Waals surface area contributed by atoms with E-state index in [2.05, 4.69) is 64.9 Å². The van der Waals surface area contributed by atoms with E-state index in [1.807, 2.05) is 30.8 Å². The van der Waals surface area contributed by atoms with Gasteiger partial charge in [-0.05, 0) is 23.4 Å². The lowest BCUT2D eigenvalue weighted by molar-refractivity contribution is 1.10. The Balaban J connectivity index is 1.52. The van der Waals surface area contributed by atoms with Gasteiger partial charge in [0.25, 0.3) is 0 Å². The maximum Gasteiger partial charge on any atom is 0.0968 e.